The highest BCUT2D eigenvalue weighted by atomic mass is 32.1. The topological polar surface area (TPSA) is 69.1 Å². The van der Waals surface area contributed by atoms with Crippen molar-refractivity contribution in [2.45, 2.75) is 45.4 Å². The average molecular weight is 319 g/mol. The third-order valence-corrected chi connectivity index (χ3v) is 6.31. The summed E-state index contributed by atoms with van der Waals surface area (Å²) in [6, 6.07) is 0. The highest BCUT2D eigenvalue weighted by molar-refractivity contribution is 7.21. The van der Waals surface area contributed by atoms with E-state index in [1.807, 2.05) is 4.52 Å². The second kappa shape index (κ2) is 4.78. The van der Waals surface area contributed by atoms with Gasteiger partial charge in [0.1, 0.15) is 0 Å². The van der Waals surface area contributed by atoms with Crippen LogP contribution in [0.2, 0.25) is 0 Å². The van der Waals surface area contributed by atoms with Crippen LogP contribution in [0.4, 0.5) is 5.00 Å². The number of nitrogen functional groups attached to an aromatic ring is 1. The van der Waals surface area contributed by atoms with Crippen LogP contribution >= 0.6 is 22.7 Å². The lowest BCUT2D eigenvalue weighted by Gasteiger charge is -2.03. The molecule has 1 aliphatic carbocycles. The molecule has 0 radical (unpaired) electrons. The van der Waals surface area contributed by atoms with E-state index in [9.17, 15) is 0 Å². The number of anilines is 1. The molecule has 4 rings (SSSR count). The molecule has 0 amide bonds. The monoisotopic (exact) mass is 319 g/mol. The van der Waals surface area contributed by atoms with Gasteiger partial charge in [-0.2, -0.15) is 9.61 Å². The smallest absolute Gasteiger partial charge is 0.234 e. The van der Waals surface area contributed by atoms with Crippen LogP contribution in [-0.2, 0) is 0 Å². The van der Waals surface area contributed by atoms with Crippen molar-refractivity contribution >= 4 is 32.6 Å². The summed E-state index contributed by atoms with van der Waals surface area (Å²) in [5.74, 6) is 1.53. The van der Waals surface area contributed by atoms with Crippen molar-refractivity contribution in [1.82, 2.24) is 19.8 Å². The molecule has 3 heterocycles. The second-order valence-corrected chi connectivity index (χ2v) is 7.88. The summed E-state index contributed by atoms with van der Waals surface area (Å²) in [5, 5.41) is 15.2. The third-order valence-electron chi connectivity index (χ3n) is 4.36. The zero-order chi connectivity index (χ0) is 14.6. The van der Waals surface area contributed by atoms with E-state index in [4.69, 9.17) is 10.8 Å². The number of thiophene rings is 1. The van der Waals surface area contributed by atoms with Gasteiger partial charge in [-0.05, 0) is 32.3 Å². The van der Waals surface area contributed by atoms with Crippen molar-refractivity contribution in [1.29, 1.82) is 0 Å². The second-order valence-electron chi connectivity index (χ2n) is 5.66. The Balaban J connectivity index is 1.84. The Morgan fingerprint density at radius 1 is 1.14 bits per heavy atom. The van der Waals surface area contributed by atoms with Crippen molar-refractivity contribution in [3.05, 3.63) is 16.3 Å². The molecule has 0 spiro atoms. The molecule has 3 aromatic heterocycles. The summed E-state index contributed by atoms with van der Waals surface area (Å²) in [6.45, 7) is 4.21. The van der Waals surface area contributed by atoms with Crippen LogP contribution in [0.3, 0.4) is 0 Å². The summed E-state index contributed by atoms with van der Waals surface area (Å²) in [6.07, 6.45) is 4.97. The molecule has 0 aliphatic heterocycles. The van der Waals surface area contributed by atoms with Gasteiger partial charge in [-0.15, -0.1) is 21.5 Å². The number of fused-ring (bicyclic) bond motifs is 1. The van der Waals surface area contributed by atoms with Crippen LogP contribution in [0.1, 0.15) is 47.9 Å². The van der Waals surface area contributed by atoms with E-state index in [2.05, 4.69) is 24.0 Å². The maximum Gasteiger partial charge on any atom is 0.234 e. The molecule has 5 nitrogen and oxygen atoms in total. The Morgan fingerprint density at radius 3 is 2.57 bits per heavy atom. The number of rotatable bonds is 2. The predicted molar refractivity (Wildman–Crippen MR) is 87.1 cm³/mol. The number of nitrogens with zero attached hydrogens (tertiary/aromatic N) is 4. The van der Waals surface area contributed by atoms with Crippen LogP contribution < -0.4 is 5.73 Å². The molecule has 2 N–H and O–H groups in total. The summed E-state index contributed by atoms with van der Waals surface area (Å²) in [5.41, 5.74) is 8.47. The van der Waals surface area contributed by atoms with Crippen molar-refractivity contribution in [2.24, 2.45) is 0 Å². The lowest BCUT2D eigenvalue weighted by molar-refractivity contribution is 0.641. The fourth-order valence-corrected chi connectivity index (χ4v) is 5.06. The Kier molecular flexibility index (Phi) is 3.00. The maximum absolute atomic E-state index is 6.16. The Bertz CT molecular complexity index is 807. The summed E-state index contributed by atoms with van der Waals surface area (Å²) in [7, 11) is 0. The first-order chi connectivity index (χ1) is 10.1. The highest BCUT2D eigenvalue weighted by Gasteiger charge is 2.25. The van der Waals surface area contributed by atoms with Gasteiger partial charge in [-0.25, -0.2) is 0 Å². The van der Waals surface area contributed by atoms with Crippen LogP contribution in [0.25, 0.3) is 15.5 Å². The molecule has 1 saturated carbocycles. The molecule has 1 fully saturated rings. The van der Waals surface area contributed by atoms with Crippen molar-refractivity contribution in [3.8, 4) is 10.6 Å². The normalized spacial score (nSPS) is 16.3. The van der Waals surface area contributed by atoms with Gasteiger partial charge in [0.25, 0.3) is 0 Å². The zero-order valence-electron chi connectivity index (χ0n) is 12.1. The molecular weight excluding hydrogens is 302 g/mol. The Labute approximate surface area is 130 Å². The minimum Gasteiger partial charge on any atom is -0.390 e. The van der Waals surface area contributed by atoms with Gasteiger partial charge in [0.2, 0.25) is 4.96 Å². The number of hydrogen-bond acceptors (Lipinski definition) is 6. The fraction of sp³-hybridized carbons (Fsp3) is 0.500. The van der Waals surface area contributed by atoms with Gasteiger partial charge in [0.05, 0.1) is 5.00 Å². The van der Waals surface area contributed by atoms with Crippen molar-refractivity contribution in [2.75, 3.05) is 5.73 Å². The van der Waals surface area contributed by atoms with Crippen molar-refractivity contribution in [3.63, 3.8) is 0 Å². The van der Waals surface area contributed by atoms with E-state index in [0.29, 0.717) is 5.92 Å². The predicted octanol–water partition coefficient (Wildman–Crippen LogP) is 3.77. The molecular formula is C14H17N5S2. The number of aromatic nitrogens is 4. The molecule has 1 aliphatic rings. The lowest BCUT2D eigenvalue weighted by atomic mass is 10.1. The molecule has 0 bridgehead atoms. The molecule has 0 aromatic carbocycles. The lowest BCUT2D eigenvalue weighted by Crippen LogP contribution is -2.01. The minimum atomic E-state index is 0.512. The van der Waals surface area contributed by atoms with E-state index in [-0.39, 0.29) is 0 Å². The molecule has 110 valence electrons. The zero-order valence-corrected chi connectivity index (χ0v) is 13.7. The van der Waals surface area contributed by atoms with Gasteiger partial charge in [-0.3, -0.25) is 0 Å². The van der Waals surface area contributed by atoms with Crippen LogP contribution in [0, 0.1) is 13.8 Å². The first kappa shape index (κ1) is 13.2. The van der Waals surface area contributed by atoms with E-state index in [1.54, 1.807) is 22.7 Å². The first-order valence-corrected chi connectivity index (χ1v) is 8.86. The van der Waals surface area contributed by atoms with E-state index < -0.39 is 0 Å². The van der Waals surface area contributed by atoms with Gasteiger partial charge in [0, 0.05) is 16.4 Å². The molecule has 7 heteroatoms. The van der Waals surface area contributed by atoms with Crippen LogP contribution in [-0.4, -0.2) is 19.8 Å². The van der Waals surface area contributed by atoms with E-state index in [1.165, 1.54) is 36.1 Å². The first-order valence-electron chi connectivity index (χ1n) is 7.23. The summed E-state index contributed by atoms with van der Waals surface area (Å²) in [4.78, 5) is 2.12. The highest BCUT2D eigenvalue weighted by Crippen LogP contribution is 2.40. The summed E-state index contributed by atoms with van der Waals surface area (Å²) >= 11 is 3.21. The molecule has 0 saturated heterocycles. The molecule has 0 atom stereocenters. The molecule has 3 aromatic rings. The van der Waals surface area contributed by atoms with Gasteiger partial charge in [0.15, 0.2) is 10.8 Å². The minimum absolute atomic E-state index is 0.512. The summed E-state index contributed by atoms with van der Waals surface area (Å²) < 4.78 is 1.93. The molecule has 21 heavy (non-hydrogen) atoms. The standard InChI is InChI=1S/C14H17N5S2/c1-7-8(2)20-11(15)10(7)13-18-19-12(9-5-3-4-6-9)16-17-14(19)21-13/h9H,3-6,15H2,1-2H3. The SMILES string of the molecule is Cc1sc(N)c(-c2nn3c(C4CCCC4)nnc3s2)c1C. The van der Waals surface area contributed by atoms with E-state index in [0.717, 1.165) is 26.4 Å². The quantitative estimate of drug-likeness (QED) is 0.780. The third kappa shape index (κ3) is 1.98. The number of nitrogens with two attached hydrogens (primary N) is 1. The van der Waals surface area contributed by atoms with E-state index >= 15 is 0 Å². The van der Waals surface area contributed by atoms with Gasteiger partial charge in [-0.1, -0.05) is 24.2 Å². The van der Waals surface area contributed by atoms with Gasteiger partial charge >= 0.3 is 0 Å². The number of aryl methyl sites for hydroxylation is 1. The molecule has 0 unspecified atom stereocenters. The number of hydrogen-bond donors (Lipinski definition) is 1. The fourth-order valence-electron chi connectivity index (χ4n) is 3.09. The van der Waals surface area contributed by atoms with Crippen LogP contribution in [0.5, 0.6) is 0 Å². The van der Waals surface area contributed by atoms with Crippen molar-refractivity contribution < 1.29 is 0 Å². The average Bonchev–Trinajstić information content (AvgIpc) is 3.15. The maximum atomic E-state index is 6.16. The largest absolute Gasteiger partial charge is 0.390 e. The Hall–Kier alpha value is -1.47. The van der Waals surface area contributed by atoms with Gasteiger partial charge < -0.3 is 5.73 Å². The Morgan fingerprint density at radius 2 is 1.90 bits per heavy atom. The van der Waals surface area contributed by atoms with Crippen LogP contribution in [0.15, 0.2) is 0 Å².